The molecule has 2 aromatic heterocycles. The standard InChI is InChI=1S/C21H22BrF2N5O2/c1-28-4-2-12(3-5-28)26-19-16(22)15-7-14(9-25)31-18(15)17(27-19)20(30)29-10-11-6-13(29)8-21(11,23)24/h7,11-13H,2-6,8,10H2,1H3,(H,26,27). The second-order valence-electron chi connectivity index (χ2n) is 8.82. The van der Waals surface area contributed by atoms with Gasteiger partial charge in [0, 0.05) is 42.4 Å². The van der Waals surface area contributed by atoms with Crippen molar-refractivity contribution in [2.24, 2.45) is 5.92 Å². The molecule has 3 fully saturated rings. The topological polar surface area (TPSA) is 85.4 Å². The Labute approximate surface area is 186 Å². The summed E-state index contributed by atoms with van der Waals surface area (Å²) in [6, 6.07) is 3.23. The van der Waals surface area contributed by atoms with E-state index in [4.69, 9.17) is 4.42 Å². The van der Waals surface area contributed by atoms with Crippen molar-refractivity contribution in [2.75, 3.05) is 32.0 Å². The molecular formula is C21H22BrF2N5O2. The van der Waals surface area contributed by atoms with Gasteiger partial charge in [0.15, 0.2) is 11.3 Å². The lowest BCUT2D eigenvalue weighted by molar-refractivity contribution is -0.0622. The molecule has 1 amide bonds. The maximum absolute atomic E-state index is 14.0. The molecule has 31 heavy (non-hydrogen) atoms. The van der Waals surface area contributed by atoms with Crippen molar-refractivity contribution < 1.29 is 18.0 Å². The zero-order valence-corrected chi connectivity index (χ0v) is 18.6. The molecule has 2 saturated heterocycles. The number of piperidine rings is 2. The van der Waals surface area contributed by atoms with Gasteiger partial charge in [-0.1, -0.05) is 0 Å². The minimum Gasteiger partial charge on any atom is -0.443 e. The number of alkyl halides is 2. The Morgan fingerprint density at radius 3 is 2.77 bits per heavy atom. The third kappa shape index (κ3) is 3.48. The number of carbonyl (C=O) groups excluding carboxylic acids is 1. The quantitative estimate of drug-likeness (QED) is 0.698. The van der Waals surface area contributed by atoms with Crippen molar-refractivity contribution in [3.63, 3.8) is 0 Å². The first-order valence-corrected chi connectivity index (χ1v) is 11.2. The zero-order chi connectivity index (χ0) is 21.9. The number of aromatic nitrogens is 1. The van der Waals surface area contributed by atoms with Gasteiger partial charge in [-0.15, -0.1) is 0 Å². The first-order chi connectivity index (χ1) is 14.8. The molecule has 0 aromatic carbocycles. The van der Waals surface area contributed by atoms with Crippen LogP contribution in [0.4, 0.5) is 14.6 Å². The van der Waals surface area contributed by atoms with Gasteiger partial charge in [0.25, 0.3) is 11.8 Å². The summed E-state index contributed by atoms with van der Waals surface area (Å²) in [7, 11) is 2.08. The van der Waals surface area contributed by atoms with Gasteiger partial charge in [0.05, 0.1) is 4.47 Å². The average Bonchev–Trinajstić information content (AvgIpc) is 3.43. The molecule has 2 aliphatic heterocycles. The fourth-order valence-corrected chi connectivity index (χ4v) is 5.49. The number of halogens is 3. The summed E-state index contributed by atoms with van der Waals surface area (Å²) in [5, 5.41) is 13.3. The fourth-order valence-electron chi connectivity index (χ4n) is 4.99. The van der Waals surface area contributed by atoms with E-state index in [0.717, 1.165) is 25.9 Å². The van der Waals surface area contributed by atoms with Gasteiger partial charge in [-0.3, -0.25) is 4.79 Å². The van der Waals surface area contributed by atoms with E-state index in [2.05, 4.69) is 38.2 Å². The first-order valence-electron chi connectivity index (χ1n) is 10.4. The number of nitrogens with zero attached hydrogens (tertiary/aromatic N) is 4. The molecule has 2 aromatic rings. The number of nitrogens with one attached hydrogen (secondary N) is 1. The Hall–Kier alpha value is -2.25. The Balaban J connectivity index is 1.51. The van der Waals surface area contributed by atoms with Crippen molar-refractivity contribution in [2.45, 2.75) is 43.7 Å². The van der Waals surface area contributed by atoms with Crippen LogP contribution in [0.25, 0.3) is 11.0 Å². The first kappa shape index (κ1) is 20.6. The van der Waals surface area contributed by atoms with Crippen molar-refractivity contribution in [1.29, 1.82) is 5.26 Å². The van der Waals surface area contributed by atoms with Crippen LogP contribution in [0.2, 0.25) is 0 Å². The summed E-state index contributed by atoms with van der Waals surface area (Å²) in [4.78, 5) is 21.7. The number of fused-ring (bicyclic) bond motifs is 3. The van der Waals surface area contributed by atoms with Crippen LogP contribution in [0.5, 0.6) is 0 Å². The average molecular weight is 494 g/mol. The monoisotopic (exact) mass is 493 g/mol. The molecule has 164 valence electrons. The zero-order valence-electron chi connectivity index (χ0n) is 17.0. The number of amides is 1. The van der Waals surface area contributed by atoms with Crippen molar-refractivity contribution in [3.8, 4) is 6.07 Å². The van der Waals surface area contributed by atoms with E-state index in [1.54, 1.807) is 6.07 Å². The number of nitriles is 1. The molecule has 1 saturated carbocycles. The Kier molecular flexibility index (Phi) is 4.94. The van der Waals surface area contributed by atoms with Crippen molar-refractivity contribution in [1.82, 2.24) is 14.8 Å². The van der Waals surface area contributed by atoms with Crippen LogP contribution in [-0.2, 0) is 0 Å². The second-order valence-corrected chi connectivity index (χ2v) is 9.61. The number of likely N-dealkylation sites (tertiary alicyclic amines) is 2. The van der Waals surface area contributed by atoms with E-state index in [1.165, 1.54) is 4.90 Å². The summed E-state index contributed by atoms with van der Waals surface area (Å²) in [6.45, 7) is 1.93. The van der Waals surface area contributed by atoms with Crippen LogP contribution >= 0.6 is 15.9 Å². The molecule has 2 bridgehead atoms. The maximum atomic E-state index is 14.0. The Morgan fingerprint density at radius 2 is 2.16 bits per heavy atom. The molecule has 7 nitrogen and oxygen atoms in total. The fraction of sp³-hybridized carbons (Fsp3) is 0.571. The second kappa shape index (κ2) is 7.41. The molecule has 3 aliphatic rings. The Bertz CT molecular complexity index is 1090. The highest BCUT2D eigenvalue weighted by Crippen LogP contribution is 2.49. The van der Waals surface area contributed by atoms with Gasteiger partial charge in [-0.2, -0.15) is 5.26 Å². The highest BCUT2D eigenvalue weighted by molar-refractivity contribution is 9.10. The predicted molar refractivity (Wildman–Crippen MR) is 113 cm³/mol. The highest BCUT2D eigenvalue weighted by atomic mass is 79.9. The molecule has 10 heteroatoms. The van der Waals surface area contributed by atoms with Gasteiger partial charge < -0.3 is 19.5 Å². The molecule has 0 radical (unpaired) electrons. The van der Waals surface area contributed by atoms with Crippen molar-refractivity contribution >= 4 is 38.6 Å². The SMILES string of the molecule is CN1CCC(Nc2nc(C(=O)N3CC4CC3CC4(F)F)c3oc(C#N)cc3c2Br)CC1. The van der Waals surface area contributed by atoms with E-state index in [0.29, 0.717) is 22.1 Å². The molecular weight excluding hydrogens is 472 g/mol. The predicted octanol–water partition coefficient (Wildman–Crippen LogP) is 3.84. The highest BCUT2D eigenvalue weighted by Gasteiger charge is 2.57. The number of hydrogen-bond acceptors (Lipinski definition) is 6. The number of anilines is 1. The van der Waals surface area contributed by atoms with Gasteiger partial charge >= 0.3 is 0 Å². The number of rotatable bonds is 3. The van der Waals surface area contributed by atoms with Crippen LogP contribution < -0.4 is 5.32 Å². The molecule has 4 heterocycles. The Morgan fingerprint density at radius 1 is 1.42 bits per heavy atom. The summed E-state index contributed by atoms with van der Waals surface area (Å²) in [6.07, 6.45) is 1.86. The van der Waals surface area contributed by atoms with E-state index >= 15 is 0 Å². The minimum atomic E-state index is -2.72. The van der Waals surface area contributed by atoms with Gasteiger partial charge in [0.1, 0.15) is 11.9 Å². The summed E-state index contributed by atoms with van der Waals surface area (Å²) >= 11 is 3.55. The van der Waals surface area contributed by atoms with Crippen LogP contribution in [0.3, 0.4) is 0 Å². The summed E-state index contributed by atoms with van der Waals surface area (Å²) < 4.78 is 34.1. The summed E-state index contributed by atoms with van der Waals surface area (Å²) in [5.74, 6) is -3.38. The lowest BCUT2D eigenvalue weighted by Crippen LogP contribution is -2.44. The largest absolute Gasteiger partial charge is 0.443 e. The molecule has 2 unspecified atom stereocenters. The van der Waals surface area contributed by atoms with E-state index < -0.39 is 23.8 Å². The van der Waals surface area contributed by atoms with Crippen LogP contribution in [0.1, 0.15) is 41.9 Å². The number of pyridine rings is 1. The number of furan rings is 1. The molecule has 0 spiro atoms. The molecule has 5 rings (SSSR count). The third-order valence-electron chi connectivity index (χ3n) is 6.77. The minimum absolute atomic E-state index is 0.0132. The molecule has 1 N–H and O–H groups in total. The lowest BCUT2D eigenvalue weighted by atomic mass is 10.0. The van der Waals surface area contributed by atoms with Gasteiger partial charge in [-0.25, -0.2) is 13.8 Å². The van der Waals surface area contributed by atoms with E-state index in [-0.39, 0.29) is 36.0 Å². The smallest absolute Gasteiger partial charge is 0.276 e. The number of carbonyl (C=O) groups is 1. The van der Waals surface area contributed by atoms with Crippen molar-refractivity contribution in [3.05, 3.63) is 22.0 Å². The number of hydrogen-bond donors (Lipinski definition) is 1. The van der Waals surface area contributed by atoms with E-state index in [9.17, 15) is 18.8 Å². The van der Waals surface area contributed by atoms with Gasteiger partial charge in [-0.05, 0) is 55.3 Å². The maximum Gasteiger partial charge on any atom is 0.276 e. The van der Waals surface area contributed by atoms with Gasteiger partial charge in [0.2, 0.25) is 5.76 Å². The summed E-state index contributed by atoms with van der Waals surface area (Å²) in [5.41, 5.74) is 0.267. The lowest BCUT2D eigenvalue weighted by Gasteiger charge is -2.31. The third-order valence-corrected chi connectivity index (χ3v) is 7.57. The van der Waals surface area contributed by atoms with Crippen LogP contribution in [-0.4, -0.2) is 65.4 Å². The van der Waals surface area contributed by atoms with E-state index in [1.807, 2.05) is 6.07 Å². The molecule has 2 atom stereocenters. The normalized spacial score (nSPS) is 25.8. The van der Waals surface area contributed by atoms with Crippen LogP contribution in [0.15, 0.2) is 15.0 Å². The molecule has 1 aliphatic carbocycles. The van der Waals surface area contributed by atoms with Crippen LogP contribution in [0, 0.1) is 17.2 Å².